The van der Waals surface area contributed by atoms with Crippen LogP contribution in [0.1, 0.15) is 38.1 Å². The molecule has 0 saturated heterocycles. The fourth-order valence-corrected chi connectivity index (χ4v) is 6.34. The number of hydrogen-bond acceptors (Lipinski definition) is 4. The van der Waals surface area contributed by atoms with E-state index in [1.807, 2.05) is 23.1 Å². The van der Waals surface area contributed by atoms with E-state index in [0.29, 0.717) is 0 Å². The van der Waals surface area contributed by atoms with Crippen molar-refractivity contribution in [2.24, 2.45) is 5.73 Å². The van der Waals surface area contributed by atoms with Gasteiger partial charge in [-0.2, -0.15) is 4.57 Å². The summed E-state index contributed by atoms with van der Waals surface area (Å²) in [7, 11) is 0. The summed E-state index contributed by atoms with van der Waals surface area (Å²) in [6.07, 6.45) is 8.12. The van der Waals surface area contributed by atoms with Gasteiger partial charge < -0.3 is 27.6 Å². The molecule has 0 fully saturated rings. The Labute approximate surface area is 220 Å². The number of para-hydroxylation sites is 2. The van der Waals surface area contributed by atoms with Crippen molar-refractivity contribution in [1.82, 2.24) is 0 Å². The van der Waals surface area contributed by atoms with Crippen molar-refractivity contribution in [2.75, 3.05) is 18.0 Å². The van der Waals surface area contributed by atoms with Gasteiger partial charge in [-0.15, -0.1) is 17.0 Å². The number of hydrogen-bond donors (Lipinski definition) is 1. The minimum absolute atomic E-state index is 0. The van der Waals surface area contributed by atoms with Crippen molar-refractivity contribution < 1.29 is 21.5 Å². The van der Waals surface area contributed by atoms with Crippen molar-refractivity contribution in [2.45, 2.75) is 44.6 Å². The van der Waals surface area contributed by atoms with Crippen LogP contribution in [0.5, 0.6) is 0 Å². The summed E-state index contributed by atoms with van der Waals surface area (Å²) in [6.45, 7) is 7.24. The molecular formula is C25H31Br2N3S2. The summed E-state index contributed by atoms with van der Waals surface area (Å²) in [4.78, 5) is 3.75. The maximum atomic E-state index is 5.68. The number of thiazole rings is 1. The van der Waals surface area contributed by atoms with Crippen LogP contribution in [0.15, 0.2) is 70.1 Å². The van der Waals surface area contributed by atoms with Gasteiger partial charge >= 0.3 is 0 Å². The largest absolute Gasteiger partial charge is 1.00 e. The van der Waals surface area contributed by atoms with E-state index in [-0.39, 0.29) is 34.0 Å². The summed E-state index contributed by atoms with van der Waals surface area (Å²) in [5.74, 6) is 0. The molecule has 3 nitrogen and oxygen atoms in total. The number of unbranched alkanes of at least 4 members (excludes halogenated alkanes) is 2. The summed E-state index contributed by atoms with van der Waals surface area (Å²) in [5, 5.41) is 2.63. The molecule has 0 unspecified atom stereocenters. The highest BCUT2D eigenvalue weighted by molar-refractivity contribution is 8.93. The first kappa shape index (κ1) is 27.1. The summed E-state index contributed by atoms with van der Waals surface area (Å²) in [5.41, 5.74) is 9.62. The van der Waals surface area contributed by atoms with E-state index in [4.69, 9.17) is 5.73 Å². The second-order valence-electron chi connectivity index (χ2n) is 7.59. The number of anilines is 1. The number of nitrogens with two attached hydrogens (primary N) is 1. The van der Waals surface area contributed by atoms with Crippen molar-refractivity contribution in [3.05, 3.63) is 70.2 Å². The number of fused-ring (bicyclic) bond motifs is 2. The maximum Gasteiger partial charge on any atom is 0.263 e. The van der Waals surface area contributed by atoms with Crippen LogP contribution in [0, 0.1) is 0 Å². The Morgan fingerprint density at radius 2 is 1.81 bits per heavy atom. The predicted octanol–water partition coefficient (Wildman–Crippen LogP) is 3.78. The zero-order chi connectivity index (χ0) is 20.9. The van der Waals surface area contributed by atoms with Crippen molar-refractivity contribution in [1.29, 1.82) is 0 Å². The number of aromatic nitrogens is 1. The quantitative estimate of drug-likeness (QED) is 0.317. The lowest BCUT2D eigenvalue weighted by molar-refractivity contribution is -0.669. The van der Waals surface area contributed by atoms with E-state index >= 15 is 0 Å². The third-order valence-electron chi connectivity index (χ3n) is 5.38. The number of aryl methyl sites for hydroxylation is 1. The number of halogens is 2. The Hall–Kier alpha value is -1.12. The number of benzene rings is 2. The zero-order valence-electron chi connectivity index (χ0n) is 18.6. The van der Waals surface area contributed by atoms with Crippen LogP contribution in [-0.2, 0) is 6.54 Å². The number of thioether (sulfide) groups is 1. The van der Waals surface area contributed by atoms with Crippen LogP contribution in [-0.4, -0.2) is 13.1 Å². The van der Waals surface area contributed by atoms with E-state index in [1.165, 1.54) is 49.3 Å². The molecule has 0 spiro atoms. The maximum absolute atomic E-state index is 5.68. The monoisotopic (exact) mass is 595 g/mol. The highest BCUT2D eigenvalue weighted by Gasteiger charge is 2.23. The smallest absolute Gasteiger partial charge is 0.263 e. The second-order valence-corrected chi connectivity index (χ2v) is 9.72. The standard InChI is InChI=1S/C25H30N3S2.2BrH/c1-3-27-20-11-5-7-13-22(20)29-24(27)17-19(2)18-25-28(16-10-4-9-15-26)21-12-6-8-14-23(21)30-25;;/h5-8,11-14,17-18H,3-4,9-10,15-16,26H2,1-2H3;2*1H/q+1;;/p-1. The SMILES string of the molecule is Br.CCN1C(=CC(C)=Cc2sc3ccccc3[n+]2CCCCCN)Sc2ccccc21.[Br-]. The Kier molecular flexibility index (Phi) is 11.0. The van der Waals surface area contributed by atoms with Gasteiger partial charge in [0.1, 0.15) is 4.70 Å². The summed E-state index contributed by atoms with van der Waals surface area (Å²) >= 11 is 3.75. The van der Waals surface area contributed by atoms with Gasteiger partial charge in [0.2, 0.25) is 5.52 Å². The number of rotatable bonds is 8. The Balaban J connectivity index is 0.00000181. The number of allylic oxidation sites excluding steroid dienone is 2. The molecule has 4 rings (SSSR count). The molecule has 0 atom stereocenters. The lowest BCUT2D eigenvalue weighted by Gasteiger charge is -2.17. The Bertz CT molecular complexity index is 1090. The third-order valence-corrected chi connectivity index (χ3v) is 7.60. The molecule has 0 aliphatic carbocycles. The van der Waals surface area contributed by atoms with Gasteiger partial charge in [0.25, 0.3) is 5.01 Å². The Morgan fingerprint density at radius 3 is 2.59 bits per heavy atom. The molecule has 2 N–H and O–H groups in total. The van der Waals surface area contributed by atoms with Crippen molar-refractivity contribution >= 4 is 62.1 Å². The molecule has 3 aromatic rings. The van der Waals surface area contributed by atoms with Gasteiger partial charge in [-0.05, 0) is 63.1 Å². The first-order chi connectivity index (χ1) is 14.7. The summed E-state index contributed by atoms with van der Waals surface area (Å²) < 4.78 is 3.83. The topological polar surface area (TPSA) is 33.1 Å². The normalized spacial score (nSPS) is 14.4. The molecular weight excluding hydrogens is 566 g/mol. The predicted molar refractivity (Wildman–Crippen MR) is 142 cm³/mol. The van der Waals surface area contributed by atoms with Crippen molar-refractivity contribution in [3.8, 4) is 0 Å². The fraction of sp³-hybridized carbons (Fsp3) is 0.320. The van der Waals surface area contributed by atoms with Gasteiger partial charge in [0.05, 0.1) is 10.7 Å². The zero-order valence-corrected chi connectivity index (χ0v) is 23.5. The van der Waals surface area contributed by atoms with E-state index in [2.05, 4.69) is 84.0 Å². The number of nitrogens with zero attached hydrogens (tertiary/aromatic N) is 2. The molecule has 1 aliphatic heterocycles. The van der Waals surface area contributed by atoms with Crippen LogP contribution in [0.25, 0.3) is 16.3 Å². The first-order valence-corrected chi connectivity index (χ1v) is 12.4. The molecule has 172 valence electrons. The van der Waals surface area contributed by atoms with Gasteiger partial charge in [-0.25, -0.2) is 0 Å². The molecule has 7 heteroatoms. The molecule has 2 aromatic carbocycles. The average molecular weight is 597 g/mol. The fourth-order valence-electron chi connectivity index (χ4n) is 3.90. The van der Waals surface area contributed by atoms with Crippen LogP contribution in [0.4, 0.5) is 5.69 Å². The van der Waals surface area contributed by atoms with Gasteiger partial charge in [0.15, 0.2) is 6.54 Å². The molecule has 0 saturated carbocycles. The summed E-state index contributed by atoms with van der Waals surface area (Å²) in [6, 6.07) is 17.4. The second kappa shape index (κ2) is 12.9. The molecule has 1 aliphatic rings. The van der Waals surface area contributed by atoms with E-state index in [1.54, 1.807) is 0 Å². The highest BCUT2D eigenvalue weighted by Crippen LogP contribution is 2.45. The van der Waals surface area contributed by atoms with Gasteiger partial charge in [-0.3, -0.25) is 0 Å². The van der Waals surface area contributed by atoms with Gasteiger partial charge in [0, 0.05) is 30.0 Å². The van der Waals surface area contributed by atoms with E-state index in [0.717, 1.165) is 26.1 Å². The van der Waals surface area contributed by atoms with E-state index in [9.17, 15) is 0 Å². The lowest BCUT2D eigenvalue weighted by Crippen LogP contribution is -3.00. The van der Waals surface area contributed by atoms with Crippen molar-refractivity contribution in [3.63, 3.8) is 0 Å². The minimum Gasteiger partial charge on any atom is -1.00 e. The average Bonchev–Trinajstić information content (AvgIpc) is 3.28. The molecule has 0 bridgehead atoms. The lowest BCUT2D eigenvalue weighted by atomic mass is 10.2. The third kappa shape index (κ3) is 6.06. The van der Waals surface area contributed by atoms with Crippen LogP contribution < -0.4 is 32.2 Å². The van der Waals surface area contributed by atoms with Crippen LogP contribution >= 0.6 is 40.1 Å². The van der Waals surface area contributed by atoms with Gasteiger partial charge in [-0.1, -0.05) is 47.4 Å². The minimum atomic E-state index is 0. The molecule has 1 aromatic heterocycles. The molecule has 32 heavy (non-hydrogen) atoms. The molecule has 0 radical (unpaired) electrons. The Morgan fingerprint density at radius 1 is 1.06 bits per heavy atom. The van der Waals surface area contributed by atoms with E-state index < -0.39 is 0 Å². The van der Waals surface area contributed by atoms with Crippen LogP contribution in [0.3, 0.4) is 0 Å². The van der Waals surface area contributed by atoms with Crippen LogP contribution in [0.2, 0.25) is 0 Å². The molecule has 2 heterocycles. The first-order valence-electron chi connectivity index (χ1n) is 10.8. The highest BCUT2D eigenvalue weighted by atomic mass is 79.9. The molecule has 0 amide bonds.